The van der Waals surface area contributed by atoms with Crippen molar-refractivity contribution in [1.82, 2.24) is 10.2 Å². The van der Waals surface area contributed by atoms with Gasteiger partial charge in [-0.1, -0.05) is 12.0 Å². The van der Waals surface area contributed by atoms with Crippen molar-refractivity contribution in [3.63, 3.8) is 0 Å². The summed E-state index contributed by atoms with van der Waals surface area (Å²) in [6, 6.07) is 5.72. The second-order valence-electron chi connectivity index (χ2n) is 4.54. The summed E-state index contributed by atoms with van der Waals surface area (Å²) in [7, 11) is 1.76. The second kappa shape index (κ2) is 6.83. The molecule has 5 heteroatoms. The molecule has 0 fully saturated rings. The Morgan fingerprint density at radius 1 is 1.40 bits per heavy atom. The van der Waals surface area contributed by atoms with Crippen LogP contribution >= 0.6 is 0 Å². The number of benzene rings is 1. The van der Waals surface area contributed by atoms with Gasteiger partial charge >= 0.3 is 0 Å². The molecule has 1 amide bonds. The third-order valence-corrected chi connectivity index (χ3v) is 2.96. The molecule has 2 rings (SSSR count). The van der Waals surface area contributed by atoms with Gasteiger partial charge in [0.15, 0.2) is 11.5 Å². The van der Waals surface area contributed by atoms with Crippen molar-refractivity contribution in [2.45, 2.75) is 6.54 Å². The molecule has 106 valence electrons. The topological polar surface area (TPSA) is 50.8 Å². The van der Waals surface area contributed by atoms with Crippen LogP contribution in [-0.4, -0.2) is 44.2 Å². The van der Waals surface area contributed by atoms with Crippen molar-refractivity contribution in [1.29, 1.82) is 0 Å². The zero-order chi connectivity index (χ0) is 14.4. The molecule has 1 aromatic carbocycles. The number of hydrogen-bond donors (Lipinski definition) is 1. The van der Waals surface area contributed by atoms with E-state index in [1.165, 1.54) is 0 Å². The Labute approximate surface area is 118 Å². The molecule has 20 heavy (non-hydrogen) atoms. The van der Waals surface area contributed by atoms with Crippen LogP contribution in [0.1, 0.15) is 5.56 Å². The Morgan fingerprint density at radius 3 is 2.90 bits per heavy atom. The van der Waals surface area contributed by atoms with Crippen LogP contribution in [0.2, 0.25) is 0 Å². The molecule has 5 nitrogen and oxygen atoms in total. The molecule has 0 aromatic heterocycles. The smallest absolute Gasteiger partial charge is 0.236 e. The van der Waals surface area contributed by atoms with E-state index in [2.05, 4.69) is 11.2 Å². The number of rotatable bonds is 5. The number of likely N-dealkylation sites (N-methyl/N-ethyl adjacent to an activating group) is 1. The van der Waals surface area contributed by atoms with Crippen molar-refractivity contribution in [2.24, 2.45) is 0 Å². The highest BCUT2D eigenvalue weighted by Crippen LogP contribution is 2.30. The maximum atomic E-state index is 11.8. The standard InChI is InChI=1S/C15H18N2O3/c1-3-6-16-10-15(18)17(2)11-12-4-5-13-14(9-12)20-8-7-19-13/h1,4-5,9,16H,6-8,10-11H2,2H3. The molecular formula is C15H18N2O3. The lowest BCUT2D eigenvalue weighted by Gasteiger charge is -2.21. The minimum atomic E-state index is -0.00450. The van der Waals surface area contributed by atoms with E-state index in [1.54, 1.807) is 11.9 Å². The third-order valence-electron chi connectivity index (χ3n) is 2.96. The SMILES string of the molecule is C#CCNCC(=O)N(C)Cc1ccc2c(c1)OCCO2. The fourth-order valence-electron chi connectivity index (χ4n) is 1.92. The minimum absolute atomic E-state index is 0.00450. The molecule has 0 atom stereocenters. The first-order valence-electron chi connectivity index (χ1n) is 6.47. The Kier molecular flexibility index (Phi) is 4.85. The number of hydrogen-bond acceptors (Lipinski definition) is 4. The lowest BCUT2D eigenvalue weighted by Crippen LogP contribution is -2.35. The van der Waals surface area contributed by atoms with Crippen LogP contribution in [-0.2, 0) is 11.3 Å². The molecule has 0 aliphatic carbocycles. The maximum absolute atomic E-state index is 11.8. The van der Waals surface area contributed by atoms with Gasteiger partial charge in [0.25, 0.3) is 0 Å². The second-order valence-corrected chi connectivity index (χ2v) is 4.54. The summed E-state index contributed by atoms with van der Waals surface area (Å²) in [4.78, 5) is 13.5. The first-order valence-corrected chi connectivity index (χ1v) is 6.47. The van der Waals surface area contributed by atoms with Gasteiger partial charge in [-0.3, -0.25) is 10.1 Å². The summed E-state index contributed by atoms with van der Waals surface area (Å²) in [5, 5.41) is 2.88. The Balaban J connectivity index is 1.92. The van der Waals surface area contributed by atoms with Gasteiger partial charge in [-0.2, -0.15) is 0 Å². The molecule has 1 aliphatic heterocycles. The molecule has 1 aromatic rings. The summed E-state index contributed by atoms with van der Waals surface area (Å²) in [5.41, 5.74) is 1.00. The summed E-state index contributed by atoms with van der Waals surface area (Å²) in [6.07, 6.45) is 5.12. The van der Waals surface area contributed by atoms with E-state index in [4.69, 9.17) is 15.9 Å². The van der Waals surface area contributed by atoms with Crippen LogP contribution in [0.4, 0.5) is 0 Å². The summed E-state index contributed by atoms with van der Waals surface area (Å²) in [5.74, 6) is 3.92. The maximum Gasteiger partial charge on any atom is 0.236 e. The van der Waals surface area contributed by atoms with Crippen molar-refractivity contribution in [2.75, 3.05) is 33.4 Å². The Bertz CT molecular complexity index is 522. The molecule has 0 bridgehead atoms. The Morgan fingerprint density at radius 2 is 2.15 bits per heavy atom. The highest BCUT2D eigenvalue weighted by atomic mass is 16.6. The van der Waals surface area contributed by atoms with Gasteiger partial charge in [0.2, 0.25) is 5.91 Å². The molecule has 0 spiro atoms. The quantitative estimate of drug-likeness (QED) is 0.632. The van der Waals surface area contributed by atoms with Gasteiger partial charge in [0, 0.05) is 13.6 Å². The van der Waals surface area contributed by atoms with Crippen LogP contribution in [0, 0.1) is 12.3 Å². The van der Waals surface area contributed by atoms with Gasteiger partial charge < -0.3 is 14.4 Å². The average molecular weight is 274 g/mol. The van der Waals surface area contributed by atoms with Crippen molar-refractivity contribution < 1.29 is 14.3 Å². The fourth-order valence-corrected chi connectivity index (χ4v) is 1.92. The predicted molar refractivity (Wildman–Crippen MR) is 75.6 cm³/mol. The van der Waals surface area contributed by atoms with Gasteiger partial charge in [-0.05, 0) is 17.7 Å². The number of carbonyl (C=O) groups excluding carboxylic acids is 1. The van der Waals surface area contributed by atoms with E-state index >= 15 is 0 Å². The lowest BCUT2D eigenvalue weighted by atomic mass is 10.2. The summed E-state index contributed by atoms with van der Waals surface area (Å²) in [6.45, 7) is 2.29. The van der Waals surface area contributed by atoms with Crippen LogP contribution in [0.25, 0.3) is 0 Å². The Hall–Kier alpha value is -2.19. The fraction of sp³-hybridized carbons (Fsp3) is 0.400. The van der Waals surface area contributed by atoms with Crippen LogP contribution in [0.5, 0.6) is 11.5 Å². The normalized spacial score (nSPS) is 12.6. The van der Waals surface area contributed by atoms with Crippen LogP contribution in [0.3, 0.4) is 0 Å². The van der Waals surface area contributed by atoms with Gasteiger partial charge in [0.05, 0.1) is 13.1 Å². The monoisotopic (exact) mass is 274 g/mol. The van der Waals surface area contributed by atoms with E-state index < -0.39 is 0 Å². The molecule has 1 aliphatic rings. The minimum Gasteiger partial charge on any atom is -0.486 e. The number of ether oxygens (including phenoxy) is 2. The molecule has 0 unspecified atom stereocenters. The number of carbonyl (C=O) groups is 1. The highest BCUT2D eigenvalue weighted by Gasteiger charge is 2.14. The molecule has 0 radical (unpaired) electrons. The van der Waals surface area contributed by atoms with E-state index in [1.807, 2.05) is 18.2 Å². The molecule has 0 saturated carbocycles. The highest BCUT2D eigenvalue weighted by molar-refractivity contribution is 5.78. The van der Waals surface area contributed by atoms with Crippen molar-refractivity contribution >= 4 is 5.91 Å². The number of nitrogens with zero attached hydrogens (tertiary/aromatic N) is 1. The zero-order valence-corrected chi connectivity index (χ0v) is 11.5. The van der Waals surface area contributed by atoms with Crippen molar-refractivity contribution in [3.05, 3.63) is 23.8 Å². The van der Waals surface area contributed by atoms with Gasteiger partial charge in [-0.15, -0.1) is 6.42 Å². The predicted octanol–water partition coefficient (Wildman–Crippen LogP) is 0.639. The number of amides is 1. The van der Waals surface area contributed by atoms with Gasteiger partial charge in [-0.25, -0.2) is 0 Å². The number of terminal acetylenes is 1. The zero-order valence-electron chi connectivity index (χ0n) is 11.5. The van der Waals surface area contributed by atoms with E-state index in [0.29, 0.717) is 26.3 Å². The number of fused-ring (bicyclic) bond motifs is 1. The van der Waals surface area contributed by atoms with E-state index in [0.717, 1.165) is 17.1 Å². The molecule has 1 N–H and O–H groups in total. The number of nitrogens with one attached hydrogen (secondary N) is 1. The molecule has 1 heterocycles. The van der Waals surface area contributed by atoms with E-state index in [9.17, 15) is 4.79 Å². The molecular weight excluding hydrogens is 256 g/mol. The van der Waals surface area contributed by atoms with Crippen LogP contribution in [0.15, 0.2) is 18.2 Å². The van der Waals surface area contributed by atoms with Crippen LogP contribution < -0.4 is 14.8 Å². The first kappa shape index (κ1) is 14.2. The first-order chi connectivity index (χ1) is 9.70. The van der Waals surface area contributed by atoms with Crippen molar-refractivity contribution in [3.8, 4) is 23.8 Å². The van der Waals surface area contributed by atoms with E-state index in [-0.39, 0.29) is 12.5 Å². The lowest BCUT2D eigenvalue weighted by molar-refractivity contribution is -0.129. The summed E-state index contributed by atoms with van der Waals surface area (Å²) >= 11 is 0. The average Bonchev–Trinajstić information content (AvgIpc) is 2.47. The largest absolute Gasteiger partial charge is 0.486 e. The third kappa shape index (κ3) is 3.65. The van der Waals surface area contributed by atoms with Gasteiger partial charge in [0.1, 0.15) is 13.2 Å². The summed E-state index contributed by atoms with van der Waals surface area (Å²) < 4.78 is 11.0. The molecule has 0 saturated heterocycles.